The van der Waals surface area contributed by atoms with Crippen molar-refractivity contribution in [3.63, 3.8) is 0 Å². The van der Waals surface area contributed by atoms with Crippen molar-refractivity contribution < 1.29 is 4.21 Å². The average molecular weight is 346 g/mol. The van der Waals surface area contributed by atoms with E-state index < -0.39 is 18.0 Å². The van der Waals surface area contributed by atoms with Crippen molar-refractivity contribution >= 4 is 18.0 Å². The number of nitrogens with zero attached hydrogens (tertiary/aromatic N) is 1. The first kappa shape index (κ1) is 18.0. The van der Waals surface area contributed by atoms with E-state index in [-0.39, 0.29) is 0 Å². The van der Waals surface area contributed by atoms with E-state index in [1.807, 2.05) is 60.7 Å². The fourth-order valence-electron chi connectivity index (χ4n) is 2.86. The summed E-state index contributed by atoms with van der Waals surface area (Å²) in [7, 11) is -4.27. The Morgan fingerprint density at radius 3 is 1.78 bits per heavy atom. The Labute approximate surface area is 142 Å². The van der Waals surface area contributed by atoms with Crippen LogP contribution >= 0.6 is 0 Å². The van der Waals surface area contributed by atoms with E-state index in [9.17, 15) is 4.21 Å². The molecule has 4 heteroatoms. The van der Waals surface area contributed by atoms with Gasteiger partial charge in [-0.2, -0.15) is 0 Å². The summed E-state index contributed by atoms with van der Waals surface area (Å²) in [6.45, 7) is 6.61. The Balaban J connectivity index is 2.58. The van der Waals surface area contributed by atoms with Crippen LogP contribution < -0.4 is 0 Å². The summed E-state index contributed by atoms with van der Waals surface area (Å²) in [6, 6.07) is 23.1. The fourth-order valence-corrected chi connectivity index (χ4v) is 10.5. The van der Waals surface area contributed by atoms with Gasteiger partial charge in [0.15, 0.2) is 8.24 Å². The second-order valence-corrected chi connectivity index (χ2v) is 13.3. The lowest BCUT2D eigenvalue weighted by atomic mass is 10.2. The molecule has 0 aliphatic carbocycles. The van der Waals surface area contributed by atoms with Crippen molar-refractivity contribution in [3.8, 4) is 0 Å². The maximum atomic E-state index is 13.9. The molecular formula is C19H27NOSSi. The van der Waals surface area contributed by atoms with Crippen LogP contribution in [0.15, 0.2) is 69.6 Å². The van der Waals surface area contributed by atoms with Gasteiger partial charge >= 0.3 is 0 Å². The Morgan fingerprint density at radius 2 is 1.30 bits per heavy atom. The molecular weight excluding hydrogens is 318 g/mol. The minimum Gasteiger partial charge on any atom is -0.273 e. The van der Waals surface area contributed by atoms with Crippen LogP contribution in [0.5, 0.6) is 0 Å². The van der Waals surface area contributed by atoms with Crippen molar-refractivity contribution in [1.82, 2.24) is 0 Å². The van der Waals surface area contributed by atoms with Crippen LogP contribution in [0.3, 0.4) is 0 Å². The van der Waals surface area contributed by atoms with Crippen LogP contribution in [-0.4, -0.2) is 12.4 Å². The Hall–Kier alpha value is -1.39. The van der Waals surface area contributed by atoms with Gasteiger partial charge in [0.1, 0.15) is 0 Å². The first-order valence-electron chi connectivity index (χ1n) is 8.42. The molecule has 2 nitrogen and oxygen atoms in total. The van der Waals surface area contributed by atoms with Gasteiger partial charge in [0.05, 0.1) is 15.5 Å². The molecule has 0 heterocycles. The molecule has 0 saturated heterocycles. The van der Waals surface area contributed by atoms with Crippen molar-refractivity contribution in [1.29, 1.82) is 0 Å². The maximum absolute atomic E-state index is 13.9. The molecule has 0 fully saturated rings. The van der Waals surface area contributed by atoms with E-state index in [1.165, 1.54) is 0 Å². The molecule has 0 radical (unpaired) electrons. The summed E-state index contributed by atoms with van der Waals surface area (Å²) in [6.07, 6.45) is 0. The third-order valence-corrected chi connectivity index (χ3v) is 13.0. The van der Waals surface area contributed by atoms with Crippen molar-refractivity contribution in [2.45, 2.75) is 49.6 Å². The van der Waals surface area contributed by atoms with E-state index in [0.29, 0.717) is 5.75 Å². The lowest BCUT2D eigenvalue weighted by Gasteiger charge is -2.25. The minimum absolute atomic E-state index is 0.507. The van der Waals surface area contributed by atoms with Crippen molar-refractivity contribution in [2.24, 2.45) is 4.03 Å². The first-order chi connectivity index (χ1) is 11.1. The molecule has 0 aliphatic heterocycles. The predicted molar refractivity (Wildman–Crippen MR) is 103 cm³/mol. The van der Waals surface area contributed by atoms with Gasteiger partial charge in [-0.1, -0.05) is 69.3 Å². The Morgan fingerprint density at radius 1 is 0.826 bits per heavy atom. The normalized spacial score (nSPS) is 14.2. The van der Waals surface area contributed by atoms with Crippen LogP contribution in [-0.2, 0) is 15.5 Å². The lowest BCUT2D eigenvalue weighted by Crippen LogP contribution is -2.31. The van der Waals surface area contributed by atoms with E-state index >= 15 is 0 Å². The highest BCUT2D eigenvalue weighted by atomic mass is 32.2. The SMILES string of the molecule is CC[Si](CC)(CC)N=S(=O)(Cc1ccccc1)c1ccccc1. The first-order valence-corrected chi connectivity index (χ1v) is 12.7. The van der Waals surface area contributed by atoms with Crippen LogP contribution in [0, 0.1) is 0 Å². The number of hydrogen-bond acceptors (Lipinski definition) is 2. The molecule has 0 bridgehead atoms. The predicted octanol–water partition coefficient (Wildman–Crippen LogP) is 5.72. The minimum atomic E-state index is -2.43. The highest BCUT2D eigenvalue weighted by Crippen LogP contribution is 2.28. The summed E-state index contributed by atoms with van der Waals surface area (Å²) in [5.41, 5.74) is 1.09. The molecule has 1 unspecified atom stereocenters. The second kappa shape index (κ2) is 7.93. The third-order valence-electron chi connectivity index (χ3n) is 4.63. The molecule has 1 atom stereocenters. The topological polar surface area (TPSA) is 29.4 Å². The number of benzene rings is 2. The number of hydrogen-bond donors (Lipinski definition) is 0. The Bertz CT molecular complexity index is 709. The zero-order chi connectivity index (χ0) is 16.8. The largest absolute Gasteiger partial charge is 0.273 e. The quantitative estimate of drug-likeness (QED) is 0.590. The van der Waals surface area contributed by atoms with Crippen molar-refractivity contribution in [2.75, 3.05) is 0 Å². The molecule has 23 heavy (non-hydrogen) atoms. The van der Waals surface area contributed by atoms with E-state index in [4.69, 9.17) is 4.03 Å². The van der Waals surface area contributed by atoms with Crippen LogP contribution in [0.1, 0.15) is 26.3 Å². The van der Waals surface area contributed by atoms with Crippen LogP contribution in [0.2, 0.25) is 18.1 Å². The van der Waals surface area contributed by atoms with E-state index in [1.54, 1.807) is 0 Å². The van der Waals surface area contributed by atoms with Gasteiger partial charge in [-0.25, -0.2) is 4.21 Å². The van der Waals surface area contributed by atoms with E-state index in [0.717, 1.165) is 28.6 Å². The summed E-state index contributed by atoms with van der Waals surface area (Å²) < 4.78 is 19.0. The molecule has 0 spiro atoms. The van der Waals surface area contributed by atoms with Gasteiger partial charge in [-0.3, -0.25) is 4.03 Å². The van der Waals surface area contributed by atoms with Gasteiger partial charge in [0.2, 0.25) is 0 Å². The van der Waals surface area contributed by atoms with Gasteiger partial charge in [-0.05, 0) is 35.8 Å². The summed E-state index contributed by atoms with van der Waals surface area (Å²) >= 11 is 0. The highest BCUT2D eigenvalue weighted by Gasteiger charge is 2.30. The molecule has 2 aromatic rings. The molecule has 0 saturated carbocycles. The smallest absolute Gasteiger partial charge is 0.193 e. The second-order valence-electron chi connectivity index (χ2n) is 5.96. The molecule has 0 aromatic heterocycles. The van der Waals surface area contributed by atoms with Gasteiger partial charge in [0, 0.05) is 4.90 Å². The summed E-state index contributed by atoms with van der Waals surface area (Å²) in [5.74, 6) is 0.507. The summed E-state index contributed by atoms with van der Waals surface area (Å²) in [5, 5.41) is 0. The monoisotopic (exact) mass is 345 g/mol. The summed E-state index contributed by atoms with van der Waals surface area (Å²) in [4.78, 5) is 0.871. The third kappa shape index (κ3) is 4.33. The molecule has 0 amide bonds. The van der Waals surface area contributed by atoms with Gasteiger partial charge in [-0.15, -0.1) is 0 Å². The fraction of sp³-hybridized carbons (Fsp3) is 0.368. The molecule has 0 N–H and O–H groups in total. The van der Waals surface area contributed by atoms with Crippen LogP contribution in [0.4, 0.5) is 0 Å². The van der Waals surface area contributed by atoms with E-state index in [2.05, 4.69) is 20.8 Å². The molecule has 2 rings (SSSR count). The highest BCUT2D eigenvalue weighted by molar-refractivity contribution is 7.93. The van der Waals surface area contributed by atoms with Crippen LogP contribution in [0.25, 0.3) is 0 Å². The Kier molecular flexibility index (Phi) is 6.19. The average Bonchev–Trinajstić information content (AvgIpc) is 2.61. The number of rotatable bonds is 7. The molecule has 2 aromatic carbocycles. The molecule has 0 aliphatic rings. The molecule has 124 valence electrons. The maximum Gasteiger partial charge on any atom is 0.193 e. The van der Waals surface area contributed by atoms with Gasteiger partial charge < -0.3 is 0 Å². The van der Waals surface area contributed by atoms with Gasteiger partial charge in [0.25, 0.3) is 0 Å². The zero-order valence-corrected chi connectivity index (χ0v) is 16.2. The van der Waals surface area contributed by atoms with Crippen molar-refractivity contribution in [3.05, 3.63) is 66.2 Å². The lowest BCUT2D eigenvalue weighted by molar-refractivity contribution is 0.676. The zero-order valence-electron chi connectivity index (χ0n) is 14.4. The standard InChI is InChI=1S/C19H27NOSSi/c1-4-23(5-2,6-3)20-22(21,19-15-11-8-12-16-19)17-18-13-9-7-10-14-18/h7-16H,4-6,17H2,1-3H3.